The molecule has 0 N–H and O–H groups in total. The zero-order chi connectivity index (χ0) is 29.2. The van der Waals surface area contributed by atoms with E-state index in [1.54, 1.807) is 52.9 Å². The van der Waals surface area contributed by atoms with Crippen molar-refractivity contribution in [2.24, 2.45) is 0 Å². The first-order valence-electron chi connectivity index (χ1n) is 13.0. The first-order valence-corrected chi connectivity index (χ1v) is 13.0. The molecule has 1 fully saturated rings. The number of para-hydroxylation sites is 1. The van der Waals surface area contributed by atoms with Gasteiger partial charge >= 0.3 is 12.1 Å². The van der Waals surface area contributed by atoms with Gasteiger partial charge in [0.15, 0.2) is 6.29 Å². The average Bonchev–Trinajstić information content (AvgIpc) is 3.44. The Hall–Kier alpha value is -3.77. The largest absolute Gasteiger partial charge is 0.467 e. The molecule has 0 bridgehead atoms. The number of anilines is 1. The van der Waals surface area contributed by atoms with Gasteiger partial charge in [0.1, 0.15) is 22.7 Å². The Kier molecular flexibility index (Phi) is 8.59. The molecule has 1 atom stereocenters. The number of aromatic nitrogens is 3. The molecule has 1 aliphatic rings. The molecule has 0 saturated carbocycles. The third-order valence-corrected chi connectivity index (χ3v) is 6.26. The number of halogens is 1. The number of rotatable bonds is 8. The van der Waals surface area contributed by atoms with Crippen LogP contribution in [0.25, 0.3) is 10.9 Å². The second kappa shape index (κ2) is 11.8. The van der Waals surface area contributed by atoms with E-state index in [4.69, 9.17) is 23.7 Å². The third kappa shape index (κ3) is 6.02. The molecule has 3 heterocycles. The number of fused-ring (bicyclic) bond motifs is 1. The highest BCUT2D eigenvalue weighted by atomic mass is 19.1. The molecule has 1 amide bonds. The maximum atomic E-state index is 16.0. The van der Waals surface area contributed by atoms with Crippen molar-refractivity contribution < 1.29 is 32.9 Å². The zero-order valence-corrected chi connectivity index (χ0v) is 24.1. The minimum Gasteiger partial charge on any atom is -0.467 e. The van der Waals surface area contributed by atoms with Crippen molar-refractivity contribution in [3.63, 3.8) is 0 Å². The number of ether oxygens (including phenoxy) is 5. The van der Waals surface area contributed by atoms with Crippen molar-refractivity contribution in [3.05, 3.63) is 41.3 Å². The fraction of sp³-hybridized carbons (Fsp3) is 0.500. The van der Waals surface area contributed by atoms with E-state index in [9.17, 15) is 4.79 Å². The van der Waals surface area contributed by atoms with Crippen molar-refractivity contribution in [1.82, 2.24) is 19.9 Å². The van der Waals surface area contributed by atoms with Crippen LogP contribution in [0.2, 0.25) is 0 Å². The van der Waals surface area contributed by atoms with E-state index in [1.165, 1.54) is 18.2 Å². The van der Waals surface area contributed by atoms with Crippen LogP contribution in [0.5, 0.6) is 17.6 Å². The van der Waals surface area contributed by atoms with Crippen LogP contribution in [-0.4, -0.2) is 73.0 Å². The van der Waals surface area contributed by atoms with Crippen molar-refractivity contribution in [3.8, 4) is 17.6 Å². The summed E-state index contributed by atoms with van der Waals surface area (Å²) < 4.78 is 44.6. The van der Waals surface area contributed by atoms with Gasteiger partial charge in [-0.2, -0.15) is 14.4 Å². The maximum Gasteiger partial charge on any atom is 0.410 e. The summed E-state index contributed by atoms with van der Waals surface area (Å²) in [6.07, 6.45) is 0.734. The van der Waals surface area contributed by atoms with Crippen molar-refractivity contribution in [2.75, 3.05) is 46.4 Å². The average molecular weight is 558 g/mol. The summed E-state index contributed by atoms with van der Waals surface area (Å²) in [7, 11) is 6.61. The Morgan fingerprint density at radius 3 is 2.48 bits per heavy atom. The van der Waals surface area contributed by atoms with Crippen molar-refractivity contribution >= 4 is 22.8 Å². The number of hydrogen-bond donors (Lipinski definition) is 0. The lowest BCUT2D eigenvalue weighted by molar-refractivity contribution is -0.0454. The number of carbonyl (C=O) groups is 1. The van der Waals surface area contributed by atoms with E-state index in [2.05, 4.69) is 15.0 Å². The fourth-order valence-electron chi connectivity index (χ4n) is 4.45. The lowest BCUT2D eigenvalue weighted by atomic mass is 9.98. The first kappa shape index (κ1) is 29.2. The molecule has 3 aromatic rings. The molecule has 12 heteroatoms. The Morgan fingerprint density at radius 1 is 1.18 bits per heavy atom. The second-order valence-corrected chi connectivity index (χ2v) is 10.5. The molecule has 4 rings (SSSR count). The minimum absolute atomic E-state index is 0.00661. The van der Waals surface area contributed by atoms with Gasteiger partial charge < -0.3 is 33.5 Å². The highest BCUT2D eigenvalue weighted by molar-refractivity contribution is 5.90. The van der Waals surface area contributed by atoms with Crippen LogP contribution < -0.4 is 14.4 Å². The summed E-state index contributed by atoms with van der Waals surface area (Å²) in [5.41, 5.74) is 0.463. The van der Waals surface area contributed by atoms with E-state index in [0.717, 1.165) is 0 Å². The van der Waals surface area contributed by atoms with Gasteiger partial charge in [0.25, 0.3) is 5.88 Å². The Morgan fingerprint density at radius 2 is 1.88 bits per heavy atom. The normalized spacial score (nSPS) is 14.7. The van der Waals surface area contributed by atoms with Crippen LogP contribution in [0.1, 0.15) is 57.6 Å². The van der Waals surface area contributed by atoms with Crippen LogP contribution in [0, 0.1) is 5.82 Å². The van der Waals surface area contributed by atoms with Crippen molar-refractivity contribution in [1.29, 1.82) is 0 Å². The molecule has 1 aromatic carbocycles. The number of amides is 1. The van der Waals surface area contributed by atoms with Gasteiger partial charge in [-0.3, -0.25) is 0 Å². The lowest BCUT2D eigenvalue weighted by Crippen LogP contribution is -2.36. The highest BCUT2D eigenvalue weighted by Crippen LogP contribution is 2.43. The number of benzene rings is 1. The third-order valence-electron chi connectivity index (χ3n) is 6.26. The molecule has 40 heavy (non-hydrogen) atoms. The lowest BCUT2D eigenvalue weighted by Gasteiger charge is -2.32. The standard InChI is InChI=1S/C28H36FN5O6/c1-9-19(34(7)27(35)40-28(2,3)4)16-11-10-12-17(25-37-13-14-38-25)22(16)39-24-20(29)21-18(23(32-24)33(5)6)15-30-26(31-21)36-8/h10-12,15,19,25H,9,13-14H2,1-8H3. The number of hydrogen-bond acceptors (Lipinski definition) is 10. The van der Waals surface area contributed by atoms with E-state index >= 15 is 4.39 Å². The molecule has 0 aliphatic carbocycles. The van der Waals surface area contributed by atoms with Gasteiger partial charge in [0, 0.05) is 32.9 Å². The topological polar surface area (TPSA) is 108 Å². The van der Waals surface area contributed by atoms with E-state index in [0.29, 0.717) is 42.0 Å². The minimum atomic E-state index is -0.788. The van der Waals surface area contributed by atoms with Gasteiger partial charge in [0.05, 0.1) is 37.3 Å². The second-order valence-electron chi connectivity index (χ2n) is 10.5. The fourth-order valence-corrected chi connectivity index (χ4v) is 4.45. The molecule has 1 aliphatic heterocycles. The van der Waals surface area contributed by atoms with Crippen LogP contribution in [-0.2, 0) is 14.2 Å². The van der Waals surface area contributed by atoms with Gasteiger partial charge in [0.2, 0.25) is 5.82 Å². The first-order chi connectivity index (χ1) is 18.9. The van der Waals surface area contributed by atoms with Crippen molar-refractivity contribution in [2.45, 2.75) is 52.0 Å². The Balaban J connectivity index is 1.88. The van der Waals surface area contributed by atoms with E-state index < -0.39 is 29.8 Å². The van der Waals surface area contributed by atoms with Gasteiger partial charge in [-0.25, -0.2) is 9.78 Å². The summed E-state index contributed by atoms with van der Waals surface area (Å²) in [4.78, 5) is 29.1. The summed E-state index contributed by atoms with van der Waals surface area (Å²) in [5, 5.41) is 0.391. The van der Waals surface area contributed by atoms with Crippen LogP contribution in [0.4, 0.5) is 15.0 Å². The van der Waals surface area contributed by atoms with Crippen LogP contribution >= 0.6 is 0 Å². The highest BCUT2D eigenvalue weighted by Gasteiger charge is 2.32. The van der Waals surface area contributed by atoms with E-state index in [1.807, 2.05) is 19.1 Å². The molecule has 1 saturated heterocycles. The van der Waals surface area contributed by atoms with Gasteiger partial charge in [-0.15, -0.1) is 0 Å². The molecule has 1 unspecified atom stereocenters. The van der Waals surface area contributed by atoms with Crippen LogP contribution in [0.15, 0.2) is 24.4 Å². The summed E-state index contributed by atoms with van der Waals surface area (Å²) in [6.45, 7) is 8.14. The van der Waals surface area contributed by atoms with Gasteiger partial charge in [-0.1, -0.05) is 25.1 Å². The SMILES string of the molecule is CCC(c1cccc(C2OCCO2)c1Oc1nc(N(C)C)c2cnc(OC)nc2c1F)N(C)C(=O)OC(C)(C)C. The zero-order valence-electron chi connectivity index (χ0n) is 24.1. The monoisotopic (exact) mass is 557 g/mol. The molecule has 216 valence electrons. The Bertz CT molecular complexity index is 1370. The number of nitrogens with zero attached hydrogens (tertiary/aromatic N) is 5. The van der Waals surface area contributed by atoms with Gasteiger partial charge in [-0.05, 0) is 27.2 Å². The summed E-state index contributed by atoms with van der Waals surface area (Å²) in [5.74, 6) is -0.421. The predicted molar refractivity (Wildman–Crippen MR) is 146 cm³/mol. The molecule has 11 nitrogen and oxygen atoms in total. The molecular formula is C28H36FN5O6. The predicted octanol–water partition coefficient (Wildman–Crippen LogP) is 5.39. The van der Waals surface area contributed by atoms with E-state index in [-0.39, 0.29) is 23.2 Å². The quantitative estimate of drug-likeness (QED) is 0.357. The number of methoxy groups -OCH3 is 1. The molecular weight excluding hydrogens is 521 g/mol. The molecule has 0 spiro atoms. The molecule has 0 radical (unpaired) electrons. The van der Waals surface area contributed by atoms with Crippen LogP contribution in [0.3, 0.4) is 0 Å². The number of pyridine rings is 1. The number of carbonyl (C=O) groups excluding carboxylic acids is 1. The summed E-state index contributed by atoms with van der Waals surface area (Å²) >= 11 is 0. The Labute approximate surface area is 233 Å². The smallest absolute Gasteiger partial charge is 0.410 e. The summed E-state index contributed by atoms with van der Waals surface area (Å²) in [6, 6.07) is 4.95. The maximum absolute atomic E-state index is 16.0. The molecule has 2 aromatic heterocycles.